The van der Waals surface area contributed by atoms with Gasteiger partial charge in [-0.1, -0.05) is 89.3 Å². The van der Waals surface area contributed by atoms with Gasteiger partial charge in [0.05, 0.1) is 5.69 Å². The van der Waals surface area contributed by atoms with Gasteiger partial charge in [-0.25, -0.2) is 9.48 Å². The van der Waals surface area contributed by atoms with Crippen LogP contribution in [0.4, 0.5) is 0 Å². The number of unbranched alkanes of at least 4 members (excludes halogenated alkanes) is 10. The molecule has 4 heteroatoms. The van der Waals surface area contributed by atoms with Crippen LogP contribution in [0.15, 0.2) is 36.4 Å². The standard InChI is InChI=1S/C23H34N2O2/c1-2-3-4-5-6-7-8-9-10-11-13-18-21-19-22(23(26)27)24-25(21)20-16-14-12-15-17-20/h12,14-17,19H,2-11,13,18H2,1H3,(H,26,27). The van der Waals surface area contributed by atoms with Crippen molar-refractivity contribution in [3.05, 3.63) is 47.8 Å². The van der Waals surface area contributed by atoms with E-state index >= 15 is 0 Å². The minimum absolute atomic E-state index is 0.122. The highest BCUT2D eigenvalue weighted by Crippen LogP contribution is 2.17. The third-order valence-corrected chi connectivity index (χ3v) is 5.04. The second-order valence-electron chi connectivity index (χ2n) is 7.36. The van der Waals surface area contributed by atoms with Crippen LogP contribution in [0.3, 0.4) is 0 Å². The van der Waals surface area contributed by atoms with E-state index in [4.69, 9.17) is 0 Å². The average Bonchev–Trinajstić information content (AvgIpc) is 3.11. The summed E-state index contributed by atoms with van der Waals surface area (Å²) >= 11 is 0. The first kappa shape index (κ1) is 21.2. The number of hydrogen-bond donors (Lipinski definition) is 1. The van der Waals surface area contributed by atoms with Crippen molar-refractivity contribution in [3.63, 3.8) is 0 Å². The normalized spacial score (nSPS) is 11.0. The summed E-state index contributed by atoms with van der Waals surface area (Å²) in [6, 6.07) is 11.5. The highest BCUT2D eigenvalue weighted by Gasteiger charge is 2.14. The van der Waals surface area contributed by atoms with E-state index in [9.17, 15) is 9.90 Å². The highest BCUT2D eigenvalue weighted by molar-refractivity contribution is 5.85. The van der Waals surface area contributed by atoms with E-state index in [2.05, 4.69) is 12.0 Å². The van der Waals surface area contributed by atoms with E-state index < -0.39 is 5.97 Å². The van der Waals surface area contributed by atoms with Crippen molar-refractivity contribution < 1.29 is 9.90 Å². The molecule has 0 radical (unpaired) electrons. The minimum Gasteiger partial charge on any atom is -0.476 e. The lowest BCUT2D eigenvalue weighted by atomic mass is 10.0. The molecule has 0 unspecified atom stereocenters. The Morgan fingerprint density at radius 1 is 0.889 bits per heavy atom. The van der Waals surface area contributed by atoms with Crippen molar-refractivity contribution in [2.24, 2.45) is 0 Å². The van der Waals surface area contributed by atoms with Gasteiger partial charge in [-0.05, 0) is 31.0 Å². The molecule has 0 atom stereocenters. The minimum atomic E-state index is -0.968. The first-order chi connectivity index (χ1) is 13.2. The van der Waals surface area contributed by atoms with Crippen LogP contribution in [0, 0.1) is 0 Å². The summed E-state index contributed by atoms with van der Waals surface area (Å²) in [5.41, 5.74) is 2.02. The van der Waals surface area contributed by atoms with Crippen LogP contribution in [0.25, 0.3) is 5.69 Å². The van der Waals surface area contributed by atoms with Crippen molar-refractivity contribution in [2.75, 3.05) is 0 Å². The Kier molecular flexibility index (Phi) is 9.67. The molecule has 0 amide bonds. The molecular weight excluding hydrogens is 336 g/mol. The Balaban J connectivity index is 1.70. The lowest BCUT2D eigenvalue weighted by molar-refractivity contribution is 0.0690. The Bertz CT molecular complexity index is 664. The maximum Gasteiger partial charge on any atom is 0.356 e. The fourth-order valence-electron chi connectivity index (χ4n) is 3.47. The molecule has 0 aliphatic rings. The SMILES string of the molecule is CCCCCCCCCCCCCc1cc(C(=O)O)nn1-c1ccccc1. The predicted octanol–water partition coefficient (Wildman–Crippen LogP) is 6.42. The lowest BCUT2D eigenvalue weighted by Gasteiger charge is -2.07. The topological polar surface area (TPSA) is 55.1 Å². The monoisotopic (exact) mass is 370 g/mol. The first-order valence-corrected chi connectivity index (χ1v) is 10.6. The third kappa shape index (κ3) is 7.58. The average molecular weight is 371 g/mol. The van der Waals surface area contributed by atoms with Crippen molar-refractivity contribution in [2.45, 2.75) is 84.0 Å². The van der Waals surface area contributed by atoms with Crippen molar-refractivity contribution in [3.8, 4) is 5.69 Å². The van der Waals surface area contributed by atoms with Crippen LogP contribution in [0.2, 0.25) is 0 Å². The van der Waals surface area contributed by atoms with Gasteiger partial charge < -0.3 is 5.11 Å². The lowest BCUT2D eigenvalue weighted by Crippen LogP contribution is -2.03. The molecule has 148 valence electrons. The summed E-state index contributed by atoms with van der Waals surface area (Å²) in [6.07, 6.45) is 15.3. The van der Waals surface area contributed by atoms with Gasteiger partial charge in [0.2, 0.25) is 0 Å². The van der Waals surface area contributed by atoms with Crippen LogP contribution < -0.4 is 0 Å². The molecule has 2 aromatic rings. The molecule has 0 bridgehead atoms. The number of aromatic nitrogens is 2. The van der Waals surface area contributed by atoms with Gasteiger partial charge in [-0.3, -0.25) is 0 Å². The highest BCUT2D eigenvalue weighted by atomic mass is 16.4. The van der Waals surface area contributed by atoms with Crippen molar-refractivity contribution >= 4 is 5.97 Å². The number of carboxylic acid groups (broad SMARTS) is 1. The van der Waals surface area contributed by atoms with Gasteiger partial charge in [0.25, 0.3) is 0 Å². The predicted molar refractivity (Wildman–Crippen MR) is 111 cm³/mol. The Hall–Kier alpha value is -2.10. The van der Waals surface area contributed by atoms with Gasteiger partial charge in [0.15, 0.2) is 5.69 Å². The van der Waals surface area contributed by atoms with Gasteiger partial charge in [0.1, 0.15) is 0 Å². The molecule has 1 aromatic carbocycles. The summed E-state index contributed by atoms with van der Waals surface area (Å²) in [5, 5.41) is 13.5. The molecule has 2 rings (SSSR count). The van der Waals surface area contributed by atoms with Crippen LogP contribution in [0.1, 0.15) is 93.7 Å². The second kappa shape index (κ2) is 12.3. The zero-order valence-corrected chi connectivity index (χ0v) is 16.7. The Labute approximate surface area is 163 Å². The van der Waals surface area contributed by atoms with E-state index in [1.54, 1.807) is 10.7 Å². The zero-order chi connectivity index (χ0) is 19.3. The van der Waals surface area contributed by atoms with E-state index in [0.29, 0.717) is 0 Å². The fraction of sp³-hybridized carbons (Fsp3) is 0.565. The number of benzene rings is 1. The Morgan fingerprint density at radius 3 is 2.00 bits per heavy atom. The van der Waals surface area contributed by atoms with E-state index in [1.807, 2.05) is 30.3 Å². The summed E-state index contributed by atoms with van der Waals surface area (Å²) in [5.74, 6) is -0.968. The third-order valence-electron chi connectivity index (χ3n) is 5.04. The van der Waals surface area contributed by atoms with Gasteiger partial charge >= 0.3 is 5.97 Å². The molecule has 0 saturated heterocycles. The molecular formula is C23H34N2O2. The van der Waals surface area contributed by atoms with E-state index in [1.165, 1.54) is 64.2 Å². The first-order valence-electron chi connectivity index (χ1n) is 10.6. The number of carbonyl (C=O) groups is 1. The number of carboxylic acids is 1. The van der Waals surface area contributed by atoms with Crippen LogP contribution in [0.5, 0.6) is 0 Å². The maximum absolute atomic E-state index is 11.3. The molecule has 4 nitrogen and oxygen atoms in total. The molecule has 27 heavy (non-hydrogen) atoms. The van der Waals surface area contributed by atoms with E-state index in [0.717, 1.165) is 24.2 Å². The number of rotatable bonds is 14. The number of aromatic carboxylic acids is 1. The van der Waals surface area contributed by atoms with Crippen LogP contribution >= 0.6 is 0 Å². The molecule has 0 aliphatic carbocycles. The summed E-state index contributed by atoms with van der Waals surface area (Å²) in [7, 11) is 0. The smallest absolute Gasteiger partial charge is 0.356 e. The summed E-state index contributed by atoms with van der Waals surface area (Å²) < 4.78 is 1.78. The fourth-order valence-corrected chi connectivity index (χ4v) is 3.47. The summed E-state index contributed by atoms with van der Waals surface area (Å²) in [4.78, 5) is 11.3. The molecule has 0 saturated carbocycles. The Morgan fingerprint density at radius 2 is 1.44 bits per heavy atom. The van der Waals surface area contributed by atoms with Gasteiger partial charge in [-0.15, -0.1) is 0 Å². The number of hydrogen-bond acceptors (Lipinski definition) is 2. The molecule has 0 aliphatic heterocycles. The quantitative estimate of drug-likeness (QED) is 0.390. The number of nitrogens with zero attached hydrogens (tertiary/aromatic N) is 2. The molecule has 1 heterocycles. The maximum atomic E-state index is 11.3. The largest absolute Gasteiger partial charge is 0.476 e. The van der Waals surface area contributed by atoms with Crippen molar-refractivity contribution in [1.82, 2.24) is 9.78 Å². The van der Waals surface area contributed by atoms with Crippen LogP contribution in [-0.4, -0.2) is 20.9 Å². The summed E-state index contributed by atoms with van der Waals surface area (Å²) in [6.45, 7) is 2.26. The van der Waals surface area contributed by atoms with Gasteiger partial charge in [-0.2, -0.15) is 5.10 Å². The van der Waals surface area contributed by atoms with E-state index in [-0.39, 0.29) is 5.69 Å². The van der Waals surface area contributed by atoms with Gasteiger partial charge in [0, 0.05) is 5.69 Å². The molecule has 0 fully saturated rings. The van der Waals surface area contributed by atoms with Crippen molar-refractivity contribution in [1.29, 1.82) is 0 Å². The number of aryl methyl sites for hydroxylation is 1. The second-order valence-corrected chi connectivity index (χ2v) is 7.36. The molecule has 0 spiro atoms. The molecule has 1 aromatic heterocycles. The van der Waals surface area contributed by atoms with Crippen LogP contribution in [-0.2, 0) is 6.42 Å². The number of para-hydroxylation sites is 1. The zero-order valence-electron chi connectivity index (χ0n) is 16.7. The molecule has 1 N–H and O–H groups in total.